The summed E-state index contributed by atoms with van der Waals surface area (Å²) in [6.07, 6.45) is 22.0. The van der Waals surface area contributed by atoms with Crippen LogP contribution >= 0.6 is 0 Å². The van der Waals surface area contributed by atoms with Gasteiger partial charge in [0.25, 0.3) is 5.91 Å². The van der Waals surface area contributed by atoms with Crippen LogP contribution in [0.15, 0.2) is 48.8 Å². The molecule has 14 nitrogen and oxygen atoms in total. The van der Waals surface area contributed by atoms with Crippen LogP contribution in [-0.4, -0.2) is 105 Å². The van der Waals surface area contributed by atoms with Crippen LogP contribution in [0.5, 0.6) is 11.8 Å². The lowest BCUT2D eigenvalue weighted by molar-refractivity contribution is -0.134. The molecule has 6 fully saturated rings. The SMILES string of the molecule is C#Cc1c(F)ccc2cc(O)cc(-c3ncc4c(N5CC6CCC(C5)N6)nc(OCC5(CN6CCC(CC7CCC(c8ccc(C(=O)NC9CCC(=O)NC9=O)nc8)CC7)CC6)CC5)nc4c3F)c12. The van der Waals surface area contributed by atoms with Crippen LogP contribution in [0.25, 0.3) is 32.9 Å². The van der Waals surface area contributed by atoms with Gasteiger partial charge in [-0.15, -0.1) is 6.42 Å². The second-order valence-electron chi connectivity index (χ2n) is 20.6. The Morgan fingerprint density at radius 3 is 2.41 bits per heavy atom. The Kier molecular flexibility index (Phi) is 12.1. The van der Waals surface area contributed by atoms with Crippen molar-refractivity contribution in [3.63, 3.8) is 0 Å². The number of hydrogen-bond acceptors (Lipinski definition) is 12. The van der Waals surface area contributed by atoms with Crippen molar-refractivity contribution in [2.45, 2.75) is 108 Å². The Bertz CT molecular complexity index is 2860. The third-order valence-electron chi connectivity index (χ3n) is 15.9. The minimum Gasteiger partial charge on any atom is -0.508 e. The topological polar surface area (TPSA) is 175 Å². The second-order valence-corrected chi connectivity index (χ2v) is 20.6. The van der Waals surface area contributed by atoms with Gasteiger partial charge in [0, 0.05) is 66.9 Å². The quantitative estimate of drug-likeness (QED) is 0.0753. The van der Waals surface area contributed by atoms with Gasteiger partial charge in [-0.2, -0.15) is 9.97 Å². The fourth-order valence-electron chi connectivity index (χ4n) is 11.9. The fourth-order valence-corrected chi connectivity index (χ4v) is 11.9. The second kappa shape index (κ2) is 18.5. The minimum absolute atomic E-state index is 0.0274. The van der Waals surface area contributed by atoms with Crippen molar-refractivity contribution in [1.82, 2.24) is 40.8 Å². The zero-order valence-corrected chi connectivity index (χ0v) is 38.6. The number of aromatic hydroxyl groups is 1. The Morgan fingerprint density at radius 2 is 1.70 bits per heavy atom. The predicted octanol–water partition coefficient (Wildman–Crippen LogP) is 6.92. The predicted molar refractivity (Wildman–Crippen MR) is 255 cm³/mol. The number of rotatable bonds is 12. The van der Waals surface area contributed by atoms with E-state index in [0.29, 0.717) is 66.1 Å². The molecule has 2 aliphatic carbocycles. The summed E-state index contributed by atoms with van der Waals surface area (Å²) in [6.45, 7) is 4.87. The summed E-state index contributed by atoms with van der Waals surface area (Å²) in [4.78, 5) is 59.8. The summed E-state index contributed by atoms with van der Waals surface area (Å²) in [5.41, 5.74) is 1.46. The molecule has 2 bridgehead atoms. The number of carbonyl (C=O) groups excluding carboxylic acids is 3. The van der Waals surface area contributed by atoms with Crippen LogP contribution in [0.3, 0.4) is 0 Å². The molecule has 69 heavy (non-hydrogen) atoms. The smallest absolute Gasteiger partial charge is 0.319 e. The van der Waals surface area contributed by atoms with Gasteiger partial charge >= 0.3 is 6.01 Å². The molecular formula is C53H57F2N9O5. The molecule has 3 aromatic heterocycles. The van der Waals surface area contributed by atoms with Crippen molar-refractivity contribution < 1.29 is 33.0 Å². The van der Waals surface area contributed by atoms with Crippen LogP contribution in [0.1, 0.15) is 111 Å². The van der Waals surface area contributed by atoms with E-state index in [1.165, 1.54) is 56.4 Å². The van der Waals surface area contributed by atoms with E-state index in [1.807, 2.05) is 6.07 Å². The van der Waals surface area contributed by atoms with E-state index < -0.39 is 29.5 Å². The van der Waals surface area contributed by atoms with Crippen molar-refractivity contribution in [2.24, 2.45) is 17.3 Å². The lowest BCUT2D eigenvalue weighted by Gasteiger charge is -2.37. The first-order valence-corrected chi connectivity index (χ1v) is 24.7. The molecule has 4 saturated heterocycles. The Hall–Kier alpha value is -6.31. The van der Waals surface area contributed by atoms with Crippen LogP contribution in [0.4, 0.5) is 14.6 Å². The summed E-state index contributed by atoms with van der Waals surface area (Å²) < 4.78 is 38.6. The number of anilines is 1. The number of imide groups is 1. The van der Waals surface area contributed by atoms with Gasteiger partial charge in [-0.25, -0.2) is 8.78 Å². The minimum atomic E-state index is -0.731. The van der Waals surface area contributed by atoms with Crippen LogP contribution in [0.2, 0.25) is 0 Å². The molecule has 0 spiro atoms. The van der Waals surface area contributed by atoms with Crippen LogP contribution in [0, 0.1) is 41.2 Å². The van der Waals surface area contributed by atoms with Crippen molar-refractivity contribution in [1.29, 1.82) is 0 Å². The van der Waals surface area contributed by atoms with E-state index in [-0.39, 0.29) is 69.3 Å². The van der Waals surface area contributed by atoms with E-state index in [4.69, 9.17) is 21.1 Å². The number of nitrogens with one attached hydrogen (secondary N) is 3. The maximum atomic E-state index is 17.1. The first-order chi connectivity index (χ1) is 33.5. The molecule has 0 radical (unpaired) electrons. The Morgan fingerprint density at radius 1 is 0.928 bits per heavy atom. The van der Waals surface area contributed by atoms with Crippen molar-refractivity contribution >= 4 is 45.2 Å². The van der Waals surface area contributed by atoms with E-state index in [2.05, 4.69) is 41.6 Å². The molecule has 6 aliphatic rings. The summed E-state index contributed by atoms with van der Waals surface area (Å²) >= 11 is 0. The first kappa shape index (κ1) is 45.2. The molecule has 11 rings (SSSR count). The van der Waals surface area contributed by atoms with Gasteiger partial charge in [-0.1, -0.05) is 18.1 Å². The number of phenols is 1. The monoisotopic (exact) mass is 937 g/mol. The number of carbonyl (C=O) groups is 3. The summed E-state index contributed by atoms with van der Waals surface area (Å²) in [5.74, 6) is 2.11. The van der Waals surface area contributed by atoms with Crippen molar-refractivity contribution in [3.05, 3.63) is 77.2 Å². The van der Waals surface area contributed by atoms with E-state index >= 15 is 8.78 Å². The molecular weight excluding hydrogens is 881 g/mol. The van der Waals surface area contributed by atoms with Gasteiger partial charge in [-0.3, -0.25) is 29.7 Å². The number of amides is 3. The Balaban J connectivity index is 0.714. The number of ether oxygens (including phenoxy) is 1. The van der Waals surface area contributed by atoms with E-state index in [0.717, 1.165) is 63.7 Å². The number of pyridine rings is 2. The van der Waals surface area contributed by atoms with Gasteiger partial charge in [0.05, 0.1) is 17.6 Å². The number of halogens is 2. The molecule has 3 atom stereocenters. The molecule has 3 amide bonds. The lowest BCUT2D eigenvalue weighted by Crippen LogP contribution is -2.52. The number of piperidine rings is 2. The summed E-state index contributed by atoms with van der Waals surface area (Å²) in [5, 5.41) is 20.5. The first-order valence-electron chi connectivity index (χ1n) is 24.7. The number of fused-ring (bicyclic) bond motifs is 4. The third kappa shape index (κ3) is 9.31. The average Bonchev–Trinajstić information content (AvgIpc) is 4.04. The van der Waals surface area contributed by atoms with Gasteiger partial charge < -0.3 is 30.3 Å². The molecule has 4 N–H and O–H groups in total. The summed E-state index contributed by atoms with van der Waals surface area (Å²) in [6, 6.07) is 9.27. The lowest BCUT2D eigenvalue weighted by atomic mass is 9.74. The van der Waals surface area contributed by atoms with Gasteiger partial charge in [-0.05, 0) is 143 Å². The van der Waals surface area contributed by atoms with Crippen LogP contribution < -0.4 is 25.6 Å². The molecule has 4 aliphatic heterocycles. The number of likely N-dealkylation sites (tertiary alicyclic amines) is 1. The maximum Gasteiger partial charge on any atom is 0.319 e. The van der Waals surface area contributed by atoms with Crippen LogP contribution in [-0.2, 0) is 9.59 Å². The number of terminal acetylenes is 1. The van der Waals surface area contributed by atoms with E-state index in [1.54, 1.807) is 18.5 Å². The highest BCUT2D eigenvalue weighted by atomic mass is 19.1. The number of nitrogens with zero attached hydrogens (tertiary/aromatic N) is 6. The maximum absolute atomic E-state index is 17.1. The highest BCUT2D eigenvalue weighted by Gasteiger charge is 2.46. The standard InChI is InChI=1S/C53H57F2N9O5/c1-2-38-41(54)11-7-33-22-37(65)23-39(45(33)38)47-46(55)48-40(25-57-47)49(64-26-35-9-10-36(27-64)58-35)62-52(61-48)69-29-53(17-18-53)28-63-19-15-31(16-20-63)21-30-3-5-32(6-4-30)34-8-12-42(56-24-34)50(67)59-43-13-14-44(66)60-51(43)68/h1,7-8,11-12,22-25,30-32,35-36,43,58,65H,3-6,9-10,13-21,26-29H2,(H,59,67)(H,60,66,68). The molecule has 3 unspecified atom stereocenters. The molecule has 2 aromatic carbocycles. The fraction of sp³-hybridized carbons (Fsp3) is 0.491. The number of phenolic OH excluding ortho intramolecular Hbond substituents is 1. The third-order valence-corrected chi connectivity index (χ3v) is 15.9. The van der Waals surface area contributed by atoms with E-state index in [9.17, 15) is 19.5 Å². The highest BCUT2D eigenvalue weighted by Crippen LogP contribution is 2.48. The van der Waals surface area contributed by atoms with Gasteiger partial charge in [0.15, 0.2) is 5.82 Å². The molecule has 7 heterocycles. The number of benzene rings is 2. The molecule has 5 aromatic rings. The highest BCUT2D eigenvalue weighted by molar-refractivity contribution is 6.04. The normalized spacial score (nSPS) is 24.8. The largest absolute Gasteiger partial charge is 0.508 e. The average molecular weight is 938 g/mol. The van der Waals surface area contributed by atoms with Crippen molar-refractivity contribution in [2.75, 3.05) is 44.2 Å². The summed E-state index contributed by atoms with van der Waals surface area (Å²) in [7, 11) is 0. The molecule has 2 saturated carbocycles. The van der Waals surface area contributed by atoms with Gasteiger partial charge in [0.1, 0.15) is 40.3 Å². The number of aromatic nitrogens is 4. The molecule has 16 heteroatoms. The Labute approximate surface area is 399 Å². The van der Waals surface area contributed by atoms with Gasteiger partial charge in [0.2, 0.25) is 11.8 Å². The number of hydrogen-bond donors (Lipinski definition) is 4. The van der Waals surface area contributed by atoms with Crippen molar-refractivity contribution in [3.8, 4) is 35.4 Å². The number of piperazine rings is 1. The zero-order valence-electron chi connectivity index (χ0n) is 38.6. The zero-order chi connectivity index (χ0) is 47.4. The molecule has 358 valence electrons.